The van der Waals surface area contributed by atoms with E-state index in [4.69, 9.17) is 10.5 Å². The van der Waals surface area contributed by atoms with Gasteiger partial charge in [-0.15, -0.1) is 0 Å². The zero-order valence-corrected chi connectivity index (χ0v) is 14.6. The maximum atomic E-state index is 12.5. The first kappa shape index (κ1) is 18.6. The minimum Gasteiger partial charge on any atom is -0.493 e. The summed E-state index contributed by atoms with van der Waals surface area (Å²) in [7, 11) is 1.52. The van der Waals surface area contributed by atoms with E-state index in [9.17, 15) is 13.6 Å². The van der Waals surface area contributed by atoms with Gasteiger partial charge in [0, 0.05) is 19.0 Å². The fraction of sp³-hybridized carbons (Fsp3) is 0.263. The Bertz CT molecular complexity index is 858. The average Bonchev–Trinajstić information content (AvgIpc) is 2.67. The Hall–Kier alpha value is -3.16. The molecule has 6 nitrogen and oxygen atoms in total. The van der Waals surface area contributed by atoms with Crippen LogP contribution in [0.15, 0.2) is 47.5 Å². The molecule has 1 aliphatic heterocycles. The first-order valence-electron chi connectivity index (χ1n) is 8.31. The van der Waals surface area contributed by atoms with Gasteiger partial charge >= 0.3 is 6.61 Å². The number of ether oxygens (including phenoxy) is 2. The number of carbonyl (C=O) groups excluding carboxylic acids is 1. The monoisotopic (exact) mass is 375 g/mol. The molecule has 2 aromatic rings. The Morgan fingerprint density at radius 2 is 2.11 bits per heavy atom. The number of nitrogens with two attached hydrogens (primary N) is 1. The van der Waals surface area contributed by atoms with Crippen LogP contribution >= 0.6 is 0 Å². The summed E-state index contributed by atoms with van der Waals surface area (Å²) in [5, 5.41) is 0. The van der Waals surface area contributed by atoms with E-state index in [0.29, 0.717) is 25.2 Å². The number of fused-ring (bicyclic) bond motifs is 1. The molecular weight excluding hydrogens is 356 g/mol. The van der Waals surface area contributed by atoms with E-state index >= 15 is 0 Å². The molecule has 1 heterocycles. The van der Waals surface area contributed by atoms with Gasteiger partial charge in [-0.1, -0.05) is 18.2 Å². The number of rotatable bonds is 5. The van der Waals surface area contributed by atoms with Crippen LogP contribution in [-0.2, 0) is 4.79 Å². The summed E-state index contributed by atoms with van der Waals surface area (Å²) in [6.07, 6.45) is 1.20. The smallest absolute Gasteiger partial charge is 0.387 e. The number of hydrogen-bond donors (Lipinski definition) is 1. The summed E-state index contributed by atoms with van der Waals surface area (Å²) in [4.78, 5) is 16.5. The maximum absolute atomic E-state index is 12.5. The Morgan fingerprint density at radius 3 is 2.85 bits per heavy atom. The summed E-state index contributed by atoms with van der Waals surface area (Å²) in [6.45, 7) is -2.40. The van der Waals surface area contributed by atoms with Gasteiger partial charge in [0.1, 0.15) is 11.5 Å². The third-order valence-corrected chi connectivity index (χ3v) is 4.22. The summed E-state index contributed by atoms with van der Waals surface area (Å²) in [5.41, 5.74) is 8.20. The molecule has 0 saturated carbocycles. The van der Waals surface area contributed by atoms with Crippen molar-refractivity contribution in [1.29, 1.82) is 0 Å². The fourth-order valence-corrected chi connectivity index (χ4v) is 2.85. The van der Waals surface area contributed by atoms with Gasteiger partial charge in [-0.05, 0) is 35.4 Å². The van der Waals surface area contributed by atoms with Crippen LogP contribution in [0.3, 0.4) is 0 Å². The van der Waals surface area contributed by atoms with E-state index in [1.54, 1.807) is 18.2 Å². The highest BCUT2D eigenvalue weighted by atomic mass is 19.3. The van der Waals surface area contributed by atoms with Crippen molar-refractivity contribution in [3.8, 4) is 22.6 Å². The zero-order valence-electron chi connectivity index (χ0n) is 14.6. The van der Waals surface area contributed by atoms with Crippen molar-refractivity contribution in [3.63, 3.8) is 0 Å². The molecule has 1 aliphatic rings. The van der Waals surface area contributed by atoms with Crippen LogP contribution in [0.5, 0.6) is 11.5 Å². The molecule has 0 radical (unpaired) electrons. The lowest BCUT2D eigenvalue weighted by molar-refractivity contribution is -0.114. The van der Waals surface area contributed by atoms with Crippen LogP contribution in [0.4, 0.5) is 8.78 Å². The number of carbonyl (C=O) groups is 1. The van der Waals surface area contributed by atoms with Crippen molar-refractivity contribution in [2.24, 2.45) is 10.7 Å². The number of nitrogens with zero attached hydrogens (tertiary/aromatic N) is 2. The van der Waals surface area contributed by atoms with Crippen molar-refractivity contribution in [3.05, 3.63) is 48.0 Å². The van der Waals surface area contributed by atoms with E-state index in [-0.39, 0.29) is 17.8 Å². The van der Waals surface area contributed by atoms with Crippen LogP contribution in [0.1, 0.15) is 18.0 Å². The van der Waals surface area contributed by atoms with Gasteiger partial charge in [-0.25, -0.2) is 4.99 Å². The molecule has 0 aliphatic carbocycles. The molecular formula is C19H19F2N3O3. The Kier molecular flexibility index (Phi) is 5.54. The molecule has 3 rings (SSSR count). The van der Waals surface area contributed by atoms with Gasteiger partial charge in [-0.3, -0.25) is 9.69 Å². The van der Waals surface area contributed by atoms with Crippen LogP contribution in [0.25, 0.3) is 11.1 Å². The lowest BCUT2D eigenvalue weighted by Gasteiger charge is -2.25. The van der Waals surface area contributed by atoms with Crippen LogP contribution in [-0.4, -0.2) is 37.5 Å². The van der Waals surface area contributed by atoms with E-state index < -0.39 is 6.61 Å². The highest BCUT2D eigenvalue weighted by Crippen LogP contribution is 2.38. The molecule has 1 amide bonds. The molecule has 0 spiro atoms. The maximum Gasteiger partial charge on any atom is 0.387 e. The van der Waals surface area contributed by atoms with E-state index in [1.807, 2.05) is 18.2 Å². The summed E-state index contributed by atoms with van der Waals surface area (Å²) in [6, 6.07) is 11.7. The fourth-order valence-electron chi connectivity index (χ4n) is 2.85. The molecule has 2 aromatic carbocycles. The van der Waals surface area contributed by atoms with Crippen LogP contribution < -0.4 is 15.2 Å². The lowest BCUT2D eigenvalue weighted by Crippen LogP contribution is -2.33. The first-order chi connectivity index (χ1) is 13.0. The molecule has 0 fully saturated rings. The Labute approximate surface area is 155 Å². The van der Waals surface area contributed by atoms with Crippen molar-refractivity contribution < 1.29 is 23.0 Å². The van der Waals surface area contributed by atoms with Crippen LogP contribution in [0, 0.1) is 0 Å². The standard InChI is InChI=1S/C19H19F2N3O3/c1-24(11-25)19(22)23-16-7-8-26-17-6-5-13(10-15(16)17)12-3-2-4-14(9-12)27-18(20)21/h2-6,9-11,16,18H,7-8H2,1H3,(H2,22,23). The quantitative estimate of drug-likeness (QED) is 0.495. The molecule has 0 bridgehead atoms. The first-order valence-corrected chi connectivity index (χ1v) is 8.31. The van der Waals surface area contributed by atoms with Crippen molar-refractivity contribution in [1.82, 2.24) is 4.90 Å². The predicted molar refractivity (Wildman–Crippen MR) is 96.8 cm³/mol. The number of halogens is 2. The predicted octanol–water partition coefficient (Wildman–Crippen LogP) is 3.18. The molecule has 1 atom stereocenters. The second-order valence-electron chi connectivity index (χ2n) is 6.02. The van der Waals surface area contributed by atoms with Gasteiger partial charge in [0.05, 0.1) is 12.6 Å². The largest absolute Gasteiger partial charge is 0.493 e. The molecule has 2 N–H and O–H groups in total. The average molecular weight is 375 g/mol. The summed E-state index contributed by atoms with van der Waals surface area (Å²) in [5.74, 6) is 0.878. The number of benzene rings is 2. The molecule has 8 heteroatoms. The van der Waals surface area contributed by atoms with E-state index in [0.717, 1.165) is 16.7 Å². The second-order valence-corrected chi connectivity index (χ2v) is 6.02. The highest BCUT2D eigenvalue weighted by Gasteiger charge is 2.22. The van der Waals surface area contributed by atoms with Gasteiger partial charge in [0.15, 0.2) is 5.96 Å². The molecule has 1 unspecified atom stereocenters. The van der Waals surface area contributed by atoms with Crippen molar-refractivity contribution in [2.45, 2.75) is 19.1 Å². The normalized spacial score (nSPS) is 16.4. The lowest BCUT2D eigenvalue weighted by atomic mass is 9.96. The summed E-state index contributed by atoms with van der Waals surface area (Å²) < 4.78 is 35.0. The third-order valence-electron chi connectivity index (χ3n) is 4.22. The Balaban J connectivity index is 1.95. The highest BCUT2D eigenvalue weighted by molar-refractivity contribution is 5.87. The van der Waals surface area contributed by atoms with Gasteiger partial charge in [-0.2, -0.15) is 8.78 Å². The van der Waals surface area contributed by atoms with Gasteiger partial charge in [0.25, 0.3) is 0 Å². The minimum absolute atomic E-state index is 0.0860. The van der Waals surface area contributed by atoms with E-state index in [2.05, 4.69) is 9.73 Å². The van der Waals surface area contributed by atoms with Crippen LogP contribution in [0.2, 0.25) is 0 Å². The molecule has 27 heavy (non-hydrogen) atoms. The van der Waals surface area contributed by atoms with Crippen molar-refractivity contribution >= 4 is 12.4 Å². The number of alkyl halides is 2. The van der Waals surface area contributed by atoms with Crippen molar-refractivity contribution in [2.75, 3.05) is 13.7 Å². The number of guanidine groups is 1. The third kappa shape index (κ3) is 4.33. The summed E-state index contributed by atoms with van der Waals surface area (Å²) >= 11 is 0. The number of hydrogen-bond acceptors (Lipinski definition) is 4. The number of amides is 1. The SMILES string of the molecule is CN(C=O)C(N)=NC1CCOc2ccc(-c3cccc(OC(F)F)c3)cc21. The minimum atomic E-state index is -2.88. The van der Waals surface area contributed by atoms with Gasteiger partial charge < -0.3 is 15.2 Å². The number of aliphatic imine (C=N–C) groups is 1. The van der Waals surface area contributed by atoms with E-state index in [1.165, 1.54) is 18.0 Å². The second kappa shape index (κ2) is 8.03. The molecule has 142 valence electrons. The van der Waals surface area contributed by atoms with Gasteiger partial charge in [0.2, 0.25) is 6.41 Å². The zero-order chi connectivity index (χ0) is 19.4. The molecule has 0 aromatic heterocycles. The topological polar surface area (TPSA) is 77.2 Å². The molecule has 0 saturated heterocycles. The Morgan fingerprint density at radius 1 is 1.33 bits per heavy atom.